The Labute approximate surface area is 257 Å². The standard InChI is InChI=1S/C30H51N4O2Si2.HI/c1-12-19-33-20-17-27(18-21-33)32-31-26-13-15-28(16-14-26)34(22-24-35-37(8,9)29(2,3)4)23-25-36-38(10,11)30(5,6)7;/h12-18,20-21H,1,19,22-25H2,2-11H3;1H/q+1;/p-1. The quantitative estimate of drug-likeness (QED) is 0.0932. The lowest BCUT2D eigenvalue weighted by molar-refractivity contribution is -0.686. The van der Waals surface area contributed by atoms with Crippen molar-refractivity contribution in [1.82, 2.24) is 0 Å². The van der Waals surface area contributed by atoms with E-state index >= 15 is 0 Å². The molecular weight excluding hydrogens is 631 g/mol. The van der Waals surface area contributed by atoms with Gasteiger partial charge < -0.3 is 37.7 Å². The summed E-state index contributed by atoms with van der Waals surface area (Å²) in [5.41, 5.74) is 2.79. The van der Waals surface area contributed by atoms with Crippen LogP contribution in [0, 0.1) is 0 Å². The van der Waals surface area contributed by atoms with Crippen LogP contribution in [0.2, 0.25) is 36.3 Å². The van der Waals surface area contributed by atoms with Crippen molar-refractivity contribution in [2.75, 3.05) is 31.2 Å². The van der Waals surface area contributed by atoms with E-state index in [-0.39, 0.29) is 34.1 Å². The number of rotatable bonds is 13. The van der Waals surface area contributed by atoms with Gasteiger partial charge in [-0.05, 0) is 66.6 Å². The van der Waals surface area contributed by atoms with Crippen LogP contribution in [-0.2, 0) is 15.4 Å². The fraction of sp³-hybridized carbons (Fsp3) is 0.567. The molecule has 1 aromatic carbocycles. The second-order valence-electron chi connectivity index (χ2n) is 13.0. The normalized spacial score (nSPS) is 12.9. The summed E-state index contributed by atoms with van der Waals surface area (Å²) in [6, 6.07) is 12.2. The molecule has 0 spiro atoms. The van der Waals surface area contributed by atoms with Gasteiger partial charge in [-0.25, -0.2) is 4.57 Å². The predicted octanol–water partition coefficient (Wildman–Crippen LogP) is 5.43. The van der Waals surface area contributed by atoms with Crippen LogP contribution in [0.5, 0.6) is 0 Å². The van der Waals surface area contributed by atoms with E-state index in [4.69, 9.17) is 8.85 Å². The topological polar surface area (TPSA) is 50.3 Å². The molecule has 9 heteroatoms. The average Bonchev–Trinajstić information content (AvgIpc) is 2.82. The van der Waals surface area contributed by atoms with Gasteiger partial charge in [0.1, 0.15) is 0 Å². The van der Waals surface area contributed by atoms with Crippen LogP contribution < -0.4 is 33.4 Å². The summed E-state index contributed by atoms with van der Waals surface area (Å²) < 4.78 is 15.1. The van der Waals surface area contributed by atoms with Gasteiger partial charge in [0.05, 0.1) is 24.6 Å². The van der Waals surface area contributed by atoms with Crippen molar-refractivity contribution < 1.29 is 37.4 Å². The minimum absolute atomic E-state index is 0. The van der Waals surface area contributed by atoms with Gasteiger partial charge in [-0.2, -0.15) is 10.2 Å². The molecular formula is C30H51IN4O2Si2. The molecule has 1 heterocycles. The third kappa shape index (κ3) is 11.2. The van der Waals surface area contributed by atoms with Crippen LogP contribution in [0.25, 0.3) is 0 Å². The first-order chi connectivity index (χ1) is 17.6. The molecule has 2 rings (SSSR count). The number of azo groups is 1. The van der Waals surface area contributed by atoms with Crippen molar-refractivity contribution in [3.8, 4) is 0 Å². The first kappa shape index (κ1) is 35.6. The summed E-state index contributed by atoms with van der Waals surface area (Å²) in [7, 11) is -3.61. The van der Waals surface area contributed by atoms with Gasteiger partial charge in [0.25, 0.3) is 0 Å². The smallest absolute Gasteiger partial charge is 0.192 e. The number of anilines is 1. The molecule has 0 N–H and O–H groups in total. The van der Waals surface area contributed by atoms with Crippen molar-refractivity contribution in [1.29, 1.82) is 0 Å². The van der Waals surface area contributed by atoms with Gasteiger partial charge in [0.2, 0.25) is 0 Å². The summed E-state index contributed by atoms with van der Waals surface area (Å²) in [6.45, 7) is 30.5. The number of nitrogens with zero attached hydrogens (tertiary/aromatic N) is 4. The van der Waals surface area contributed by atoms with Gasteiger partial charge >= 0.3 is 0 Å². The highest BCUT2D eigenvalue weighted by atomic mass is 127. The predicted molar refractivity (Wildman–Crippen MR) is 166 cm³/mol. The number of benzene rings is 1. The van der Waals surface area contributed by atoms with E-state index in [0.717, 1.165) is 36.7 Å². The minimum atomic E-state index is -1.80. The first-order valence-corrected chi connectivity index (χ1v) is 19.5. The zero-order valence-electron chi connectivity index (χ0n) is 25.9. The molecule has 0 aliphatic carbocycles. The van der Waals surface area contributed by atoms with E-state index < -0.39 is 16.6 Å². The van der Waals surface area contributed by atoms with Gasteiger partial charge in [-0.15, -0.1) is 0 Å². The fourth-order valence-electron chi connectivity index (χ4n) is 3.26. The summed E-state index contributed by atoms with van der Waals surface area (Å²) in [5, 5.41) is 9.22. The Hall–Kier alpha value is -1.41. The molecule has 218 valence electrons. The third-order valence-corrected chi connectivity index (χ3v) is 17.0. The molecule has 0 unspecified atom stereocenters. The maximum absolute atomic E-state index is 6.51. The van der Waals surface area contributed by atoms with E-state index in [1.165, 1.54) is 0 Å². The highest BCUT2D eigenvalue weighted by molar-refractivity contribution is 6.74. The number of hydrogen-bond acceptors (Lipinski definition) is 5. The molecule has 0 amide bonds. The molecule has 2 aromatic rings. The van der Waals surface area contributed by atoms with E-state index in [9.17, 15) is 0 Å². The van der Waals surface area contributed by atoms with Crippen LogP contribution in [-0.4, -0.2) is 42.9 Å². The largest absolute Gasteiger partial charge is 1.00 e. The van der Waals surface area contributed by atoms with Gasteiger partial charge in [-0.1, -0.05) is 48.1 Å². The summed E-state index contributed by atoms with van der Waals surface area (Å²) in [5.74, 6) is 0. The van der Waals surface area contributed by atoms with Crippen LogP contribution in [0.15, 0.2) is 71.7 Å². The highest BCUT2D eigenvalue weighted by Crippen LogP contribution is 2.37. The average molecular weight is 683 g/mol. The van der Waals surface area contributed by atoms with Crippen molar-refractivity contribution in [3.05, 3.63) is 61.4 Å². The van der Waals surface area contributed by atoms with Crippen molar-refractivity contribution in [2.45, 2.75) is 84.4 Å². The number of halogens is 1. The molecule has 0 saturated heterocycles. The zero-order chi connectivity index (χ0) is 28.6. The zero-order valence-corrected chi connectivity index (χ0v) is 30.1. The van der Waals surface area contributed by atoms with E-state index in [1.54, 1.807) is 0 Å². The lowest BCUT2D eigenvalue weighted by Crippen LogP contribution is -3.00. The molecule has 0 fully saturated rings. The van der Waals surface area contributed by atoms with Crippen molar-refractivity contribution in [3.63, 3.8) is 0 Å². The Morgan fingerprint density at radius 2 is 1.18 bits per heavy atom. The lowest BCUT2D eigenvalue weighted by Gasteiger charge is -2.38. The first-order valence-electron chi connectivity index (χ1n) is 13.7. The summed E-state index contributed by atoms with van der Waals surface area (Å²) in [4.78, 5) is 2.37. The number of aromatic nitrogens is 1. The summed E-state index contributed by atoms with van der Waals surface area (Å²) in [6.07, 6.45) is 5.83. The Bertz CT molecular complexity index is 1010. The molecule has 0 atom stereocenters. The third-order valence-electron chi connectivity index (χ3n) is 7.97. The van der Waals surface area contributed by atoms with Crippen LogP contribution in [0.3, 0.4) is 0 Å². The monoisotopic (exact) mass is 682 g/mol. The molecule has 1 aromatic heterocycles. The lowest BCUT2D eigenvalue weighted by atomic mass is 10.2. The molecule has 0 bridgehead atoms. The molecule has 0 saturated carbocycles. The Morgan fingerprint density at radius 3 is 1.56 bits per heavy atom. The van der Waals surface area contributed by atoms with Crippen LogP contribution in [0.4, 0.5) is 17.1 Å². The van der Waals surface area contributed by atoms with E-state index in [2.05, 4.69) is 102 Å². The summed E-state index contributed by atoms with van der Waals surface area (Å²) >= 11 is 0. The maximum atomic E-state index is 6.51. The second kappa shape index (κ2) is 15.0. The Balaban J connectivity index is 0.00000760. The van der Waals surface area contributed by atoms with Crippen LogP contribution >= 0.6 is 0 Å². The van der Waals surface area contributed by atoms with Gasteiger partial charge in [-0.3, -0.25) is 0 Å². The fourth-order valence-corrected chi connectivity index (χ4v) is 5.33. The second-order valence-corrected chi connectivity index (χ2v) is 22.6. The number of hydrogen-bond donors (Lipinski definition) is 0. The molecule has 39 heavy (non-hydrogen) atoms. The van der Waals surface area contributed by atoms with Gasteiger partial charge in [0.15, 0.2) is 35.6 Å². The number of allylic oxidation sites excluding steroid dienone is 1. The molecule has 0 aliphatic heterocycles. The van der Waals surface area contributed by atoms with E-state index in [0.29, 0.717) is 13.2 Å². The van der Waals surface area contributed by atoms with E-state index in [1.807, 2.05) is 47.3 Å². The molecule has 0 aliphatic rings. The minimum Gasteiger partial charge on any atom is -1.00 e. The number of pyridine rings is 1. The Morgan fingerprint density at radius 1 is 0.769 bits per heavy atom. The van der Waals surface area contributed by atoms with Crippen LogP contribution in [0.1, 0.15) is 41.5 Å². The maximum Gasteiger partial charge on any atom is 0.192 e. The van der Waals surface area contributed by atoms with Gasteiger partial charge in [0, 0.05) is 30.9 Å². The highest BCUT2D eigenvalue weighted by Gasteiger charge is 2.38. The van der Waals surface area contributed by atoms with Crippen molar-refractivity contribution in [2.24, 2.45) is 10.2 Å². The van der Waals surface area contributed by atoms with Crippen molar-refractivity contribution >= 4 is 33.7 Å². The Kier molecular flexibility index (Phi) is 13.7. The molecule has 6 nitrogen and oxygen atoms in total. The molecule has 0 radical (unpaired) electrons. The SMILES string of the molecule is C=CC[n+]1ccc(N=Nc2ccc(N(CCO[Si](C)(C)C(C)(C)C)CCO[Si](C)(C)C(C)(C)C)cc2)cc1.[I-].